The molecule has 0 amide bonds. The minimum atomic E-state index is 0.439. The van der Waals surface area contributed by atoms with E-state index < -0.39 is 0 Å². The summed E-state index contributed by atoms with van der Waals surface area (Å²) < 4.78 is 0. The third-order valence-corrected chi connectivity index (χ3v) is 1.91. The van der Waals surface area contributed by atoms with Crippen LogP contribution in [-0.2, 0) is 0 Å². The van der Waals surface area contributed by atoms with Crippen LogP contribution < -0.4 is 5.73 Å². The molecule has 1 aromatic carbocycles. The number of anilines is 1. The van der Waals surface area contributed by atoms with Crippen molar-refractivity contribution in [1.29, 1.82) is 0 Å². The second kappa shape index (κ2) is 3.14. The maximum Gasteiger partial charge on any atom is 0.0410 e. The summed E-state index contributed by atoms with van der Waals surface area (Å²) >= 11 is 5.81. The van der Waals surface area contributed by atoms with Crippen LogP contribution in [0.15, 0.2) is 18.2 Å². The SMILES string of the molecule is CC(C)c1cc(Cl)ccc1N. The summed E-state index contributed by atoms with van der Waals surface area (Å²) in [5, 5.41) is 0.753. The molecule has 1 rings (SSSR count). The van der Waals surface area contributed by atoms with E-state index in [9.17, 15) is 0 Å². The highest BCUT2D eigenvalue weighted by Gasteiger charge is 2.03. The predicted octanol–water partition coefficient (Wildman–Crippen LogP) is 3.05. The zero-order chi connectivity index (χ0) is 8.43. The number of rotatable bonds is 1. The molecule has 0 saturated carbocycles. The molecule has 0 radical (unpaired) electrons. The lowest BCUT2D eigenvalue weighted by Gasteiger charge is -2.08. The largest absolute Gasteiger partial charge is 0.398 e. The molecule has 0 heterocycles. The van der Waals surface area contributed by atoms with Crippen LogP contribution in [0.1, 0.15) is 25.3 Å². The molecule has 0 aromatic heterocycles. The van der Waals surface area contributed by atoms with Gasteiger partial charge >= 0.3 is 0 Å². The molecule has 0 aliphatic heterocycles. The van der Waals surface area contributed by atoms with Crippen molar-refractivity contribution >= 4 is 17.3 Å². The number of halogens is 1. The first-order valence-corrected chi connectivity index (χ1v) is 4.04. The number of nitrogen functional groups attached to an aromatic ring is 1. The molecule has 11 heavy (non-hydrogen) atoms. The van der Waals surface area contributed by atoms with E-state index in [1.807, 2.05) is 18.2 Å². The Morgan fingerprint density at radius 1 is 1.36 bits per heavy atom. The normalized spacial score (nSPS) is 10.5. The first-order chi connectivity index (χ1) is 5.11. The summed E-state index contributed by atoms with van der Waals surface area (Å²) in [4.78, 5) is 0. The van der Waals surface area contributed by atoms with Crippen molar-refractivity contribution in [3.8, 4) is 0 Å². The van der Waals surface area contributed by atoms with Gasteiger partial charge in [0, 0.05) is 10.7 Å². The van der Waals surface area contributed by atoms with Crippen LogP contribution in [0.5, 0.6) is 0 Å². The van der Waals surface area contributed by atoms with Gasteiger partial charge in [-0.25, -0.2) is 0 Å². The van der Waals surface area contributed by atoms with E-state index in [1.165, 1.54) is 0 Å². The van der Waals surface area contributed by atoms with Crippen LogP contribution >= 0.6 is 11.6 Å². The summed E-state index contributed by atoms with van der Waals surface area (Å²) in [7, 11) is 0. The Labute approximate surface area is 72.2 Å². The van der Waals surface area contributed by atoms with E-state index in [4.69, 9.17) is 17.3 Å². The molecule has 2 N–H and O–H groups in total. The zero-order valence-electron chi connectivity index (χ0n) is 6.76. The topological polar surface area (TPSA) is 26.0 Å². The van der Waals surface area contributed by atoms with Gasteiger partial charge in [0.2, 0.25) is 0 Å². The smallest absolute Gasteiger partial charge is 0.0410 e. The van der Waals surface area contributed by atoms with Gasteiger partial charge < -0.3 is 5.73 Å². The van der Waals surface area contributed by atoms with Gasteiger partial charge in [0.15, 0.2) is 0 Å². The lowest BCUT2D eigenvalue weighted by Crippen LogP contribution is -1.95. The molecule has 1 nitrogen and oxygen atoms in total. The molecule has 0 atom stereocenters. The van der Waals surface area contributed by atoms with E-state index in [0.717, 1.165) is 16.3 Å². The molecular formula is C9H12ClN. The third-order valence-electron chi connectivity index (χ3n) is 1.67. The third kappa shape index (κ3) is 1.87. The summed E-state index contributed by atoms with van der Waals surface area (Å²) in [5.41, 5.74) is 7.68. The quantitative estimate of drug-likeness (QED) is 0.643. The summed E-state index contributed by atoms with van der Waals surface area (Å²) in [6.45, 7) is 4.20. The molecule has 0 saturated heterocycles. The maximum absolute atomic E-state index is 5.81. The van der Waals surface area contributed by atoms with Crippen LogP contribution in [0.2, 0.25) is 5.02 Å². The molecule has 0 fully saturated rings. The molecule has 0 spiro atoms. The van der Waals surface area contributed by atoms with Crippen molar-refractivity contribution < 1.29 is 0 Å². The maximum atomic E-state index is 5.81. The summed E-state index contributed by atoms with van der Waals surface area (Å²) in [6.07, 6.45) is 0. The van der Waals surface area contributed by atoms with Gasteiger partial charge in [-0.2, -0.15) is 0 Å². The molecule has 2 heteroatoms. The molecule has 0 bridgehead atoms. The molecular weight excluding hydrogens is 158 g/mol. The van der Waals surface area contributed by atoms with Crippen molar-refractivity contribution in [1.82, 2.24) is 0 Å². The van der Waals surface area contributed by atoms with E-state index in [2.05, 4.69) is 13.8 Å². The lowest BCUT2D eigenvalue weighted by molar-refractivity contribution is 0.870. The summed E-state index contributed by atoms with van der Waals surface area (Å²) in [6, 6.07) is 5.57. The number of hydrogen-bond donors (Lipinski definition) is 1. The lowest BCUT2D eigenvalue weighted by atomic mass is 10.0. The molecule has 0 aliphatic rings. The predicted molar refractivity (Wildman–Crippen MR) is 50.0 cm³/mol. The minimum Gasteiger partial charge on any atom is -0.398 e. The van der Waals surface area contributed by atoms with Crippen LogP contribution in [0, 0.1) is 0 Å². The Kier molecular flexibility index (Phi) is 2.40. The Balaban J connectivity index is 3.13. The molecule has 0 aliphatic carbocycles. The van der Waals surface area contributed by atoms with Crippen LogP contribution in [0.3, 0.4) is 0 Å². The highest BCUT2D eigenvalue weighted by molar-refractivity contribution is 6.30. The van der Waals surface area contributed by atoms with Gasteiger partial charge in [-0.05, 0) is 29.7 Å². The van der Waals surface area contributed by atoms with Crippen molar-refractivity contribution in [2.24, 2.45) is 0 Å². The number of nitrogens with two attached hydrogens (primary N) is 1. The Morgan fingerprint density at radius 3 is 2.45 bits per heavy atom. The highest BCUT2D eigenvalue weighted by Crippen LogP contribution is 2.24. The summed E-state index contributed by atoms with van der Waals surface area (Å²) in [5.74, 6) is 0.439. The fourth-order valence-electron chi connectivity index (χ4n) is 1.05. The van der Waals surface area contributed by atoms with Crippen LogP contribution in [0.25, 0.3) is 0 Å². The first kappa shape index (κ1) is 8.41. The second-order valence-electron chi connectivity index (χ2n) is 2.93. The van der Waals surface area contributed by atoms with Crippen LogP contribution in [0.4, 0.5) is 5.69 Å². The van der Waals surface area contributed by atoms with Gasteiger partial charge in [-0.15, -0.1) is 0 Å². The Morgan fingerprint density at radius 2 is 2.00 bits per heavy atom. The van der Waals surface area contributed by atoms with Gasteiger partial charge in [0.1, 0.15) is 0 Å². The highest BCUT2D eigenvalue weighted by atomic mass is 35.5. The van der Waals surface area contributed by atoms with Crippen molar-refractivity contribution in [2.75, 3.05) is 5.73 Å². The fraction of sp³-hybridized carbons (Fsp3) is 0.333. The number of benzene rings is 1. The molecule has 0 unspecified atom stereocenters. The van der Waals surface area contributed by atoms with Crippen LogP contribution in [-0.4, -0.2) is 0 Å². The van der Waals surface area contributed by atoms with Crippen molar-refractivity contribution in [3.63, 3.8) is 0 Å². The van der Waals surface area contributed by atoms with Gasteiger partial charge in [0.25, 0.3) is 0 Å². The second-order valence-corrected chi connectivity index (χ2v) is 3.36. The van der Waals surface area contributed by atoms with Crippen molar-refractivity contribution in [2.45, 2.75) is 19.8 Å². The van der Waals surface area contributed by atoms with E-state index >= 15 is 0 Å². The minimum absolute atomic E-state index is 0.439. The van der Waals surface area contributed by atoms with Gasteiger partial charge in [0.05, 0.1) is 0 Å². The van der Waals surface area contributed by atoms with E-state index in [-0.39, 0.29) is 0 Å². The van der Waals surface area contributed by atoms with Gasteiger partial charge in [-0.1, -0.05) is 25.4 Å². The Bertz CT molecular complexity index is 256. The van der Waals surface area contributed by atoms with E-state index in [1.54, 1.807) is 0 Å². The first-order valence-electron chi connectivity index (χ1n) is 3.66. The van der Waals surface area contributed by atoms with E-state index in [0.29, 0.717) is 5.92 Å². The fourth-order valence-corrected chi connectivity index (χ4v) is 1.23. The average molecular weight is 170 g/mol. The Hall–Kier alpha value is -0.690. The van der Waals surface area contributed by atoms with Crippen molar-refractivity contribution in [3.05, 3.63) is 28.8 Å². The zero-order valence-corrected chi connectivity index (χ0v) is 7.52. The monoisotopic (exact) mass is 169 g/mol. The number of hydrogen-bond acceptors (Lipinski definition) is 1. The molecule has 60 valence electrons. The van der Waals surface area contributed by atoms with Gasteiger partial charge in [-0.3, -0.25) is 0 Å². The standard InChI is InChI=1S/C9H12ClN/c1-6(2)8-5-7(10)3-4-9(8)11/h3-6H,11H2,1-2H3. The molecule has 1 aromatic rings. The average Bonchev–Trinajstić information content (AvgIpc) is 1.94.